The van der Waals surface area contributed by atoms with Crippen molar-refractivity contribution in [3.8, 4) is 6.07 Å². The highest BCUT2D eigenvalue weighted by atomic mass is 16.5. The van der Waals surface area contributed by atoms with Crippen molar-refractivity contribution in [2.75, 3.05) is 26.2 Å². The molecule has 7 nitrogen and oxygen atoms in total. The Balaban J connectivity index is 1.82. The summed E-state index contributed by atoms with van der Waals surface area (Å²) < 4.78 is 5.13. The van der Waals surface area contributed by atoms with Gasteiger partial charge in [0.05, 0.1) is 24.6 Å². The van der Waals surface area contributed by atoms with Gasteiger partial charge in [-0.3, -0.25) is 4.79 Å². The van der Waals surface area contributed by atoms with E-state index >= 15 is 0 Å². The number of nitriles is 1. The molecule has 1 heterocycles. The van der Waals surface area contributed by atoms with Gasteiger partial charge in [-0.2, -0.15) is 5.26 Å². The Labute approximate surface area is 104 Å². The van der Waals surface area contributed by atoms with Gasteiger partial charge in [-0.15, -0.1) is 0 Å². The number of urea groups is 1. The van der Waals surface area contributed by atoms with Crippen LogP contribution < -0.4 is 5.32 Å². The maximum absolute atomic E-state index is 11.8. The topological polar surface area (TPSA) is 103 Å². The first-order chi connectivity index (χ1) is 8.57. The number of morpholine rings is 1. The molecule has 2 N–H and O–H groups in total. The lowest BCUT2D eigenvalue weighted by Crippen LogP contribution is -2.50. The first-order valence-electron chi connectivity index (χ1n) is 5.85. The zero-order valence-electron chi connectivity index (χ0n) is 9.89. The van der Waals surface area contributed by atoms with Crippen LogP contribution in [0.2, 0.25) is 0 Å². The van der Waals surface area contributed by atoms with Gasteiger partial charge in [0.1, 0.15) is 0 Å². The van der Waals surface area contributed by atoms with Crippen molar-refractivity contribution in [2.45, 2.75) is 18.9 Å². The maximum Gasteiger partial charge on any atom is 0.317 e. The quantitative estimate of drug-likeness (QED) is 0.724. The Hall–Kier alpha value is -1.81. The van der Waals surface area contributed by atoms with Crippen molar-refractivity contribution in [2.24, 2.45) is 5.41 Å². The minimum absolute atomic E-state index is 0.149. The number of aliphatic carboxylic acids is 1. The summed E-state index contributed by atoms with van der Waals surface area (Å²) in [7, 11) is 0. The van der Waals surface area contributed by atoms with E-state index in [1.807, 2.05) is 6.07 Å². The minimum atomic E-state index is -0.861. The molecular weight excluding hydrogens is 238 g/mol. The molecule has 1 saturated heterocycles. The minimum Gasteiger partial charge on any atom is -0.481 e. The average Bonchev–Trinajstić information content (AvgIpc) is 3.17. The van der Waals surface area contributed by atoms with E-state index in [1.54, 1.807) is 0 Å². The smallest absolute Gasteiger partial charge is 0.317 e. The van der Waals surface area contributed by atoms with Crippen molar-refractivity contribution < 1.29 is 19.4 Å². The Morgan fingerprint density at radius 2 is 2.28 bits per heavy atom. The predicted molar refractivity (Wildman–Crippen MR) is 59.6 cm³/mol. The largest absolute Gasteiger partial charge is 0.481 e. The molecule has 98 valence electrons. The van der Waals surface area contributed by atoms with Crippen molar-refractivity contribution in [3.63, 3.8) is 0 Å². The number of amides is 2. The average molecular weight is 253 g/mol. The molecule has 0 bridgehead atoms. The number of carboxylic acid groups (broad SMARTS) is 1. The van der Waals surface area contributed by atoms with Gasteiger partial charge in [0.15, 0.2) is 6.10 Å². The summed E-state index contributed by atoms with van der Waals surface area (Å²) in [5.74, 6) is -0.861. The van der Waals surface area contributed by atoms with Crippen LogP contribution in [0.1, 0.15) is 12.8 Å². The summed E-state index contributed by atoms with van der Waals surface area (Å²) in [5.41, 5.74) is -0.767. The lowest BCUT2D eigenvalue weighted by atomic mass is 10.1. The second-order valence-electron chi connectivity index (χ2n) is 4.68. The molecule has 1 aliphatic carbocycles. The third kappa shape index (κ3) is 2.54. The number of rotatable bonds is 3. The highest BCUT2D eigenvalue weighted by molar-refractivity contribution is 5.80. The van der Waals surface area contributed by atoms with Gasteiger partial charge < -0.3 is 20.1 Å². The first kappa shape index (κ1) is 12.6. The van der Waals surface area contributed by atoms with Crippen LogP contribution in [0.5, 0.6) is 0 Å². The monoisotopic (exact) mass is 253 g/mol. The van der Waals surface area contributed by atoms with E-state index in [9.17, 15) is 9.59 Å². The molecule has 1 unspecified atom stereocenters. The highest BCUT2D eigenvalue weighted by Crippen LogP contribution is 2.45. The van der Waals surface area contributed by atoms with Crippen LogP contribution in [0, 0.1) is 16.7 Å². The van der Waals surface area contributed by atoms with E-state index in [0.717, 1.165) is 0 Å². The number of nitrogens with zero attached hydrogens (tertiary/aromatic N) is 2. The molecule has 0 spiro atoms. The van der Waals surface area contributed by atoms with Crippen LogP contribution in [-0.2, 0) is 9.53 Å². The number of carboxylic acids is 1. The normalized spacial score (nSPS) is 25.1. The molecule has 2 amide bonds. The van der Waals surface area contributed by atoms with Crippen molar-refractivity contribution >= 4 is 12.0 Å². The summed E-state index contributed by atoms with van der Waals surface area (Å²) in [6.45, 7) is 1.12. The van der Waals surface area contributed by atoms with E-state index in [1.165, 1.54) is 4.90 Å². The summed E-state index contributed by atoms with van der Waals surface area (Å²) in [5, 5.41) is 20.3. The van der Waals surface area contributed by atoms with Crippen molar-refractivity contribution in [3.05, 3.63) is 0 Å². The molecule has 7 heteroatoms. The van der Waals surface area contributed by atoms with Gasteiger partial charge in [0, 0.05) is 13.1 Å². The summed E-state index contributed by atoms with van der Waals surface area (Å²) in [6, 6.07) is 1.63. The molecule has 0 radical (unpaired) electrons. The molecule has 0 aromatic rings. The zero-order chi connectivity index (χ0) is 13.2. The first-order valence-corrected chi connectivity index (χ1v) is 5.85. The molecule has 18 heavy (non-hydrogen) atoms. The van der Waals surface area contributed by atoms with Crippen LogP contribution in [0.4, 0.5) is 4.79 Å². The molecule has 1 saturated carbocycles. The highest BCUT2D eigenvalue weighted by Gasteiger charge is 2.50. The van der Waals surface area contributed by atoms with E-state index in [0.29, 0.717) is 26.0 Å². The predicted octanol–water partition coefficient (Wildman–Crippen LogP) is -0.215. The van der Waals surface area contributed by atoms with Gasteiger partial charge in [0.25, 0.3) is 0 Å². The fraction of sp³-hybridized carbons (Fsp3) is 0.727. The van der Waals surface area contributed by atoms with Gasteiger partial charge in [-0.25, -0.2) is 4.79 Å². The number of ether oxygens (including phenoxy) is 1. The SMILES string of the molecule is N#CC1CN(C(=O)NCC2(C(=O)O)CC2)CCO1. The Bertz CT molecular complexity index is 400. The second-order valence-corrected chi connectivity index (χ2v) is 4.68. The zero-order valence-corrected chi connectivity index (χ0v) is 9.89. The molecule has 2 rings (SSSR count). The summed E-state index contributed by atoms with van der Waals surface area (Å²) in [6.07, 6.45) is 0.609. The molecule has 1 aliphatic heterocycles. The fourth-order valence-electron chi connectivity index (χ4n) is 1.89. The van der Waals surface area contributed by atoms with Crippen LogP contribution >= 0.6 is 0 Å². The fourth-order valence-corrected chi connectivity index (χ4v) is 1.89. The van der Waals surface area contributed by atoms with E-state index in [2.05, 4.69) is 5.32 Å². The van der Waals surface area contributed by atoms with Crippen molar-refractivity contribution in [1.82, 2.24) is 10.2 Å². The summed E-state index contributed by atoms with van der Waals surface area (Å²) in [4.78, 5) is 24.2. The van der Waals surface area contributed by atoms with E-state index < -0.39 is 17.5 Å². The van der Waals surface area contributed by atoms with Gasteiger partial charge in [-0.05, 0) is 12.8 Å². The Morgan fingerprint density at radius 1 is 1.56 bits per heavy atom. The molecule has 2 fully saturated rings. The van der Waals surface area contributed by atoms with Crippen LogP contribution in [-0.4, -0.2) is 54.4 Å². The number of nitrogens with one attached hydrogen (secondary N) is 1. The molecule has 1 atom stereocenters. The lowest BCUT2D eigenvalue weighted by Gasteiger charge is -2.30. The van der Waals surface area contributed by atoms with Gasteiger partial charge in [0.2, 0.25) is 0 Å². The Kier molecular flexibility index (Phi) is 3.39. The Morgan fingerprint density at radius 3 is 2.83 bits per heavy atom. The number of hydrogen-bond acceptors (Lipinski definition) is 4. The molecular formula is C11H15N3O4. The van der Waals surface area contributed by atoms with Crippen LogP contribution in [0.25, 0.3) is 0 Å². The number of carbonyl (C=O) groups excluding carboxylic acids is 1. The number of hydrogen-bond donors (Lipinski definition) is 2. The van der Waals surface area contributed by atoms with Crippen molar-refractivity contribution in [1.29, 1.82) is 5.26 Å². The third-order valence-electron chi connectivity index (χ3n) is 3.38. The van der Waals surface area contributed by atoms with Crippen LogP contribution in [0.3, 0.4) is 0 Å². The lowest BCUT2D eigenvalue weighted by molar-refractivity contribution is -0.143. The van der Waals surface area contributed by atoms with E-state index in [4.69, 9.17) is 15.1 Å². The second kappa shape index (κ2) is 4.82. The van der Waals surface area contributed by atoms with Gasteiger partial charge in [-0.1, -0.05) is 0 Å². The third-order valence-corrected chi connectivity index (χ3v) is 3.38. The maximum atomic E-state index is 11.8. The van der Waals surface area contributed by atoms with Crippen LogP contribution in [0.15, 0.2) is 0 Å². The summed E-state index contributed by atoms with van der Waals surface area (Å²) >= 11 is 0. The molecule has 0 aromatic heterocycles. The standard InChI is InChI=1S/C11H15N3O4/c12-5-8-6-14(3-4-18-8)10(17)13-7-11(1-2-11)9(15)16/h8H,1-4,6-7H2,(H,13,17)(H,15,16). The molecule has 0 aromatic carbocycles. The van der Waals surface area contributed by atoms with E-state index in [-0.39, 0.29) is 19.1 Å². The molecule has 2 aliphatic rings. The van der Waals surface area contributed by atoms with Gasteiger partial charge >= 0.3 is 12.0 Å². The number of carbonyl (C=O) groups is 2.